The van der Waals surface area contributed by atoms with Gasteiger partial charge in [-0.05, 0) is 33.1 Å². The average Bonchev–Trinajstić information content (AvgIpc) is 3.29. The van der Waals surface area contributed by atoms with Crippen molar-refractivity contribution in [3.63, 3.8) is 0 Å². The Morgan fingerprint density at radius 2 is 2.10 bits per heavy atom. The molecule has 4 rings (SSSR count). The van der Waals surface area contributed by atoms with E-state index in [-0.39, 0.29) is 17.4 Å². The number of rotatable bonds is 5. The van der Waals surface area contributed by atoms with Crippen molar-refractivity contribution in [2.45, 2.75) is 58.9 Å². The van der Waals surface area contributed by atoms with Gasteiger partial charge in [0, 0.05) is 48.9 Å². The number of carbonyl (C=O) groups is 1. The summed E-state index contributed by atoms with van der Waals surface area (Å²) in [4.78, 5) is 35.8. The Bertz CT molecular complexity index is 1090. The fourth-order valence-corrected chi connectivity index (χ4v) is 4.04. The van der Waals surface area contributed by atoms with Gasteiger partial charge in [0.2, 0.25) is 5.91 Å². The first-order valence-corrected chi connectivity index (χ1v) is 10.2. The molecular formula is C20H27N7O2. The van der Waals surface area contributed by atoms with Crippen molar-refractivity contribution in [2.75, 3.05) is 13.1 Å². The summed E-state index contributed by atoms with van der Waals surface area (Å²) in [5.74, 6) is 1.85. The second-order valence-electron chi connectivity index (χ2n) is 7.70. The fourth-order valence-electron chi connectivity index (χ4n) is 4.04. The Kier molecular flexibility index (Phi) is 5.21. The molecule has 1 aliphatic rings. The number of hydrogen-bond donors (Lipinski definition) is 1. The fraction of sp³-hybridized carbons (Fsp3) is 0.550. The molecule has 0 spiro atoms. The molecule has 154 valence electrons. The maximum absolute atomic E-state index is 12.8. The highest BCUT2D eigenvalue weighted by Crippen LogP contribution is 2.26. The smallest absolute Gasteiger partial charge is 0.272 e. The Balaban J connectivity index is 1.46. The van der Waals surface area contributed by atoms with Crippen molar-refractivity contribution in [3.05, 3.63) is 45.5 Å². The van der Waals surface area contributed by atoms with Gasteiger partial charge in [0.25, 0.3) is 5.56 Å². The van der Waals surface area contributed by atoms with E-state index in [1.165, 1.54) is 4.52 Å². The van der Waals surface area contributed by atoms with Crippen molar-refractivity contribution < 1.29 is 4.79 Å². The number of aryl methyl sites for hydroxylation is 4. The minimum atomic E-state index is -0.0969. The Morgan fingerprint density at radius 1 is 1.28 bits per heavy atom. The van der Waals surface area contributed by atoms with E-state index in [9.17, 15) is 9.59 Å². The number of amides is 1. The largest absolute Gasteiger partial charge is 0.342 e. The molecule has 3 aromatic heterocycles. The minimum Gasteiger partial charge on any atom is -0.342 e. The van der Waals surface area contributed by atoms with Gasteiger partial charge in [0.15, 0.2) is 5.65 Å². The predicted octanol–water partition coefficient (Wildman–Crippen LogP) is 1.59. The van der Waals surface area contributed by atoms with Crippen LogP contribution in [0.5, 0.6) is 0 Å². The third-order valence-corrected chi connectivity index (χ3v) is 5.60. The van der Waals surface area contributed by atoms with Gasteiger partial charge in [-0.1, -0.05) is 6.92 Å². The zero-order chi connectivity index (χ0) is 20.5. The lowest BCUT2D eigenvalue weighted by molar-refractivity contribution is -0.132. The normalized spacial score (nSPS) is 17.2. The SMILES string of the molecule is CCc1cc(=O)n2[nH]c(C3CCCN(C(=O)CCn4nc(C)nc4C)C3)cc2n1. The lowest BCUT2D eigenvalue weighted by atomic mass is 9.94. The molecule has 1 unspecified atom stereocenters. The van der Waals surface area contributed by atoms with E-state index < -0.39 is 0 Å². The number of H-pyrrole nitrogens is 1. The number of nitrogens with one attached hydrogen (secondary N) is 1. The standard InChI is InChI=1S/C20H27N7O2/c1-4-16-10-20(29)27-18(22-16)11-17(24-27)15-6-5-8-25(12-15)19(28)7-9-26-14(3)21-13(2)23-26/h10-11,15,24H,4-9,12H2,1-3H3. The first-order valence-electron chi connectivity index (χ1n) is 10.2. The van der Waals surface area contributed by atoms with E-state index in [1.54, 1.807) is 10.7 Å². The van der Waals surface area contributed by atoms with Crippen LogP contribution in [-0.4, -0.2) is 53.3 Å². The predicted molar refractivity (Wildman–Crippen MR) is 108 cm³/mol. The summed E-state index contributed by atoms with van der Waals surface area (Å²) in [6, 6.07) is 3.51. The number of likely N-dealkylation sites (tertiary alicyclic amines) is 1. The molecule has 0 saturated carbocycles. The van der Waals surface area contributed by atoms with E-state index in [2.05, 4.69) is 20.2 Å². The van der Waals surface area contributed by atoms with Crippen molar-refractivity contribution in [3.8, 4) is 0 Å². The topological polar surface area (TPSA) is 101 Å². The first kappa shape index (κ1) is 19.4. The zero-order valence-electron chi connectivity index (χ0n) is 17.2. The molecule has 1 N–H and O–H groups in total. The summed E-state index contributed by atoms with van der Waals surface area (Å²) >= 11 is 0. The molecule has 4 heterocycles. The molecule has 29 heavy (non-hydrogen) atoms. The Morgan fingerprint density at radius 3 is 2.83 bits per heavy atom. The molecule has 1 fully saturated rings. The van der Waals surface area contributed by atoms with E-state index in [0.717, 1.165) is 48.8 Å². The number of nitrogens with zero attached hydrogens (tertiary/aromatic N) is 6. The van der Waals surface area contributed by atoms with Crippen LogP contribution in [-0.2, 0) is 17.8 Å². The average molecular weight is 397 g/mol. The summed E-state index contributed by atoms with van der Waals surface area (Å²) in [6.45, 7) is 7.69. The van der Waals surface area contributed by atoms with Gasteiger partial charge in [-0.15, -0.1) is 0 Å². The molecule has 0 radical (unpaired) electrons. The molecule has 1 amide bonds. The molecular weight excluding hydrogens is 370 g/mol. The van der Waals surface area contributed by atoms with Crippen LogP contribution in [0, 0.1) is 13.8 Å². The number of aromatic nitrogens is 6. The molecule has 9 heteroatoms. The second-order valence-corrected chi connectivity index (χ2v) is 7.70. The molecule has 0 aliphatic carbocycles. The monoisotopic (exact) mass is 397 g/mol. The van der Waals surface area contributed by atoms with E-state index in [1.807, 2.05) is 31.7 Å². The lowest BCUT2D eigenvalue weighted by Gasteiger charge is -2.32. The quantitative estimate of drug-likeness (QED) is 0.704. The van der Waals surface area contributed by atoms with Gasteiger partial charge in [-0.2, -0.15) is 5.10 Å². The molecule has 9 nitrogen and oxygen atoms in total. The summed E-state index contributed by atoms with van der Waals surface area (Å²) in [5, 5.41) is 7.52. The van der Waals surface area contributed by atoms with Gasteiger partial charge in [0.05, 0.1) is 6.54 Å². The van der Waals surface area contributed by atoms with Gasteiger partial charge >= 0.3 is 0 Å². The van der Waals surface area contributed by atoms with E-state index in [0.29, 0.717) is 25.2 Å². The van der Waals surface area contributed by atoms with Gasteiger partial charge in [-0.25, -0.2) is 19.2 Å². The van der Waals surface area contributed by atoms with Gasteiger partial charge in [0.1, 0.15) is 11.6 Å². The van der Waals surface area contributed by atoms with Gasteiger partial charge < -0.3 is 4.90 Å². The maximum Gasteiger partial charge on any atom is 0.272 e. The molecule has 3 aromatic rings. The van der Waals surface area contributed by atoms with Crippen LogP contribution in [0.4, 0.5) is 0 Å². The molecule has 0 aromatic carbocycles. The van der Waals surface area contributed by atoms with Crippen LogP contribution >= 0.6 is 0 Å². The lowest BCUT2D eigenvalue weighted by Crippen LogP contribution is -2.39. The van der Waals surface area contributed by atoms with E-state index in [4.69, 9.17) is 0 Å². The molecule has 1 saturated heterocycles. The van der Waals surface area contributed by atoms with Crippen molar-refractivity contribution in [2.24, 2.45) is 0 Å². The summed E-state index contributed by atoms with van der Waals surface area (Å²) < 4.78 is 3.28. The molecule has 0 bridgehead atoms. The van der Waals surface area contributed by atoms with Crippen LogP contribution < -0.4 is 5.56 Å². The van der Waals surface area contributed by atoms with Gasteiger partial charge in [-0.3, -0.25) is 14.7 Å². The Hall–Kier alpha value is -2.97. The zero-order valence-corrected chi connectivity index (χ0v) is 17.2. The maximum atomic E-state index is 12.8. The van der Waals surface area contributed by atoms with Crippen LogP contribution in [0.3, 0.4) is 0 Å². The first-order chi connectivity index (χ1) is 13.9. The third kappa shape index (κ3) is 3.94. The Labute approximate surface area is 168 Å². The molecule has 1 aliphatic heterocycles. The van der Waals surface area contributed by atoms with Crippen molar-refractivity contribution in [1.82, 2.24) is 34.3 Å². The minimum absolute atomic E-state index is 0.0969. The number of carbonyl (C=O) groups excluding carboxylic acids is 1. The third-order valence-electron chi connectivity index (χ3n) is 5.60. The van der Waals surface area contributed by atoms with Crippen molar-refractivity contribution >= 4 is 11.6 Å². The summed E-state index contributed by atoms with van der Waals surface area (Å²) in [6.07, 6.45) is 3.05. The number of aromatic amines is 1. The summed E-state index contributed by atoms with van der Waals surface area (Å²) in [5.41, 5.74) is 2.30. The highest BCUT2D eigenvalue weighted by Gasteiger charge is 2.26. The van der Waals surface area contributed by atoms with E-state index >= 15 is 0 Å². The highest BCUT2D eigenvalue weighted by atomic mass is 16.2. The molecule has 1 atom stereocenters. The number of hydrogen-bond acceptors (Lipinski definition) is 5. The number of fused-ring (bicyclic) bond motifs is 1. The number of piperidine rings is 1. The second kappa shape index (κ2) is 7.81. The van der Waals surface area contributed by atoms with Crippen LogP contribution in [0.25, 0.3) is 5.65 Å². The highest BCUT2D eigenvalue weighted by molar-refractivity contribution is 5.76. The van der Waals surface area contributed by atoms with Crippen LogP contribution in [0.2, 0.25) is 0 Å². The van der Waals surface area contributed by atoms with Crippen molar-refractivity contribution in [1.29, 1.82) is 0 Å². The van der Waals surface area contributed by atoms with Crippen LogP contribution in [0.15, 0.2) is 16.9 Å². The van der Waals surface area contributed by atoms with Crippen LogP contribution in [0.1, 0.15) is 55.1 Å². The summed E-state index contributed by atoms with van der Waals surface area (Å²) in [7, 11) is 0.